The Morgan fingerprint density at radius 3 is 2.79 bits per heavy atom. The number of carbonyl (C=O) groups is 1. The van der Waals surface area contributed by atoms with Crippen molar-refractivity contribution in [1.82, 2.24) is 9.88 Å². The van der Waals surface area contributed by atoms with Crippen LogP contribution in [-0.4, -0.2) is 20.7 Å². The van der Waals surface area contributed by atoms with E-state index in [0.717, 1.165) is 16.6 Å². The molecule has 8 heteroatoms. The lowest BCUT2D eigenvalue weighted by Crippen LogP contribution is -2.25. The van der Waals surface area contributed by atoms with E-state index in [4.69, 9.17) is 16.6 Å². The van der Waals surface area contributed by atoms with Crippen LogP contribution in [0.4, 0.5) is 5.69 Å². The van der Waals surface area contributed by atoms with Gasteiger partial charge in [-0.25, -0.2) is 0 Å². The molecule has 0 bridgehead atoms. The zero-order valence-electron chi connectivity index (χ0n) is 12.3. The number of amides is 1. The van der Waals surface area contributed by atoms with Crippen LogP contribution in [0.3, 0.4) is 0 Å². The Morgan fingerprint density at radius 1 is 1.21 bits per heavy atom. The molecule has 1 aliphatic heterocycles. The molecule has 24 heavy (non-hydrogen) atoms. The zero-order valence-corrected chi connectivity index (χ0v) is 13.1. The maximum atomic E-state index is 12.7. The van der Waals surface area contributed by atoms with Crippen molar-refractivity contribution in [3.63, 3.8) is 0 Å². The maximum absolute atomic E-state index is 12.7. The first kappa shape index (κ1) is 14.6. The predicted octanol–water partition coefficient (Wildman–Crippen LogP) is 3.55. The summed E-state index contributed by atoms with van der Waals surface area (Å²) in [5.74, 6) is -0.155. The minimum absolute atomic E-state index is 0.0357. The molecule has 3 aromatic rings. The lowest BCUT2D eigenvalue weighted by molar-refractivity contribution is -0.384. The van der Waals surface area contributed by atoms with Gasteiger partial charge in [0.25, 0.3) is 16.4 Å². The Labute approximate surface area is 140 Å². The van der Waals surface area contributed by atoms with Gasteiger partial charge in [-0.1, -0.05) is 6.07 Å². The molecule has 0 saturated carbocycles. The monoisotopic (exact) mass is 341 g/mol. The average Bonchev–Trinajstić information content (AvgIpc) is 3.14. The van der Waals surface area contributed by atoms with Crippen LogP contribution in [0.2, 0.25) is 0 Å². The molecule has 2 heterocycles. The largest absolute Gasteiger partial charge is 0.429 e. The van der Waals surface area contributed by atoms with Gasteiger partial charge in [0.1, 0.15) is 0 Å². The van der Waals surface area contributed by atoms with E-state index in [1.165, 1.54) is 12.1 Å². The van der Waals surface area contributed by atoms with Gasteiger partial charge in [-0.3, -0.25) is 14.9 Å². The van der Waals surface area contributed by atoms with E-state index in [-0.39, 0.29) is 16.4 Å². The van der Waals surface area contributed by atoms with Crippen molar-refractivity contribution < 1.29 is 14.1 Å². The summed E-state index contributed by atoms with van der Waals surface area (Å²) in [6.45, 7) is 0.783. The van der Waals surface area contributed by atoms with Crippen LogP contribution in [0.25, 0.3) is 11.1 Å². The number of aromatic amines is 1. The normalized spacial score (nSPS) is 13.2. The van der Waals surface area contributed by atoms with Crippen LogP contribution >= 0.6 is 12.2 Å². The summed E-state index contributed by atoms with van der Waals surface area (Å²) < 4.78 is 5.34. The van der Waals surface area contributed by atoms with Crippen LogP contribution in [-0.2, 0) is 13.1 Å². The molecular formula is C16H11N3O4S. The van der Waals surface area contributed by atoms with Crippen LogP contribution < -0.4 is 0 Å². The quantitative estimate of drug-likeness (QED) is 0.437. The minimum atomic E-state index is -0.432. The number of oxazole rings is 1. The molecule has 0 saturated heterocycles. The van der Waals surface area contributed by atoms with E-state index in [1.807, 2.05) is 0 Å². The number of nitrogens with zero attached hydrogens (tertiary/aromatic N) is 2. The van der Waals surface area contributed by atoms with Crippen LogP contribution in [0.15, 0.2) is 40.8 Å². The van der Waals surface area contributed by atoms with Gasteiger partial charge in [0, 0.05) is 30.8 Å². The van der Waals surface area contributed by atoms with Crippen LogP contribution in [0, 0.1) is 15.0 Å². The second-order valence-corrected chi connectivity index (χ2v) is 5.97. The maximum Gasteiger partial charge on any atom is 0.269 e. The lowest BCUT2D eigenvalue weighted by Gasteiger charge is -2.15. The van der Waals surface area contributed by atoms with Crippen molar-refractivity contribution in [2.24, 2.45) is 0 Å². The highest BCUT2D eigenvalue weighted by atomic mass is 32.1. The Morgan fingerprint density at radius 2 is 2.00 bits per heavy atom. The fourth-order valence-electron chi connectivity index (χ4n) is 2.90. The van der Waals surface area contributed by atoms with Crippen molar-refractivity contribution in [2.45, 2.75) is 13.1 Å². The number of hydrogen-bond acceptors (Lipinski definition) is 5. The SMILES string of the molecule is O=C(c1ccc2[nH]c(=S)oc2c1)N1Cc2ccc([N+](=O)[O-])cc2C1. The Hall–Kier alpha value is -3.00. The molecule has 0 spiro atoms. The third kappa shape index (κ3) is 2.37. The van der Waals surface area contributed by atoms with Gasteiger partial charge in [0.05, 0.1) is 10.4 Å². The molecule has 1 N–H and O–H groups in total. The standard InChI is InChI=1S/C16H11N3O4S/c20-15(9-2-4-13-14(6-9)23-16(24)17-13)18-7-10-1-3-12(19(21)22)5-11(10)8-18/h1-6H,7-8H2,(H,17,24). The smallest absolute Gasteiger partial charge is 0.269 e. The number of nitro groups is 1. The number of fused-ring (bicyclic) bond motifs is 2. The van der Waals surface area contributed by atoms with Crippen molar-refractivity contribution in [3.05, 3.63) is 68.0 Å². The molecule has 0 radical (unpaired) electrons. The molecule has 7 nitrogen and oxygen atoms in total. The molecule has 0 aliphatic carbocycles. The topological polar surface area (TPSA) is 92.4 Å². The third-order valence-corrected chi connectivity index (χ3v) is 4.26. The van der Waals surface area contributed by atoms with Gasteiger partial charge >= 0.3 is 0 Å². The first-order valence-electron chi connectivity index (χ1n) is 7.19. The molecule has 1 aliphatic rings. The van der Waals surface area contributed by atoms with E-state index in [0.29, 0.717) is 24.2 Å². The number of benzene rings is 2. The van der Waals surface area contributed by atoms with Crippen LogP contribution in [0.1, 0.15) is 21.5 Å². The summed E-state index contributed by atoms with van der Waals surface area (Å²) in [4.78, 5) is 27.9. The number of aromatic nitrogens is 1. The van der Waals surface area contributed by atoms with Crippen molar-refractivity contribution in [1.29, 1.82) is 0 Å². The fraction of sp³-hybridized carbons (Fsp3) is 0.125. The number of non-ortho nitro benzene ring substituents is 1. The Kier molecular flexibility index (Phi) is 3.20. The summed E-state index contributed by atoms with van der Waals surface area (Å²) in [5.41, 5.74) is 3.51. The van der Waals surface area contributed by atoms with Crippen molar-refractivity contribution in [3.8, 4) is 0 Å². The molecule has 1 amide bonds. The number of H-pyrrole nitrogens is 1. The summed E-state index contributed by atoms with van der Waals surface area (Å²) in [6.07, 6.45) is 0. The summed E-state index contributed by atoms with van der Waals surface area (Å²) >= 11 is 4.94. The van der Waals surface area contributed by atoms with E-state index in [9.17, 15) is 14.9 Å². The average molecular weight is 341 g/mol. The van der Waals surface area contributed by atoms with Crippen molar-refractivity contribution in [2.75, 3.05) is 0 Å². The first-order chi connectivity index (χ1) is 11.5. The van der Waals surface area contributed by atoms with E-state index in [2.05, 4.69) is 4.98 Å². The Bertz CT molecular complexity index is 1050. The van der Waals surface area contributed by atoms with E-state index < -0.39 is 4.92 Å². The minimum Gasteiger partial charge on any atom is -0.429 e. The predicted molar refractivity (Wildman–Crippen MR) is 88.1 cm³/mol. The summed E-state index contributed by atoms with van der Waals surface area (Å²) in [5, 5.41) is 10.9. The van der Waals surface area contributed by atoms with Gasteiger partial charge in [-0.15, -0.1) is 0 Å². The molecule has 120 valence electrons. The number of hydrogen-bond donors (Lipinski definition) is 1. The third-order valence-electron chi connectivity index (χ3n) is 4.08. The van der Waals surface area contributed by atoms with Gasteiger partial charge < -0.3 is 14.3 Å². The highest BCUT2D eigenvalue weighted by Gasteiger charge is 2.26. The summed E-state index contributed by atoms with van der Waals surface area (Å²) in [7, 11) is 0. The highest BCUT2D eigenvalue weighted by Crippen LogP contribution is 2.28. The second-order valence-electron chi connectivity index (χ2n) is 5.60. The summed E-state index contributed by atoms with van der Waals surface area (Å²) in [6, 6.07) is 9.79. The van der Waals surface area contributed by atoms with Gasteiger partial charge in [-0.2, -0.15) is 0 Å². The molecule has 4 rings (SSSR count). The van der Waals surface area contributed by atoms with E-state index in [1.54, 1.807) is 29.2 Å². The Balaban J connectivity index is 1.62. The molecule has 1 aromatic heterocycles. The first-order valence-corrected chi connectivity index (χ1v) is 7.60. The second kappa shape index (κ2) is 5.27. The molecular weight excluding hydrogens is 330 g/mol. The van der Waals surface area contributed by atoms with Gasteiger partial charge in [0.2, 0.25) is 0 Å². The van der Waals surface area contributed by atoms with E-state index >= 15 is 0 Å². The molecule has 0 unspecified atom stereocenters. The lowest BCUT2D eigenvalue weighted by atomic mass is 10.1. The number of rotatable bonds is 2. The van der Waals surface area contributed by atoms with Gasteiger partial charge in [-0.05, 0) is 41.5 Å². The number of nitrogens with one attached hydrogen (secondary N) is 1. The van der Waals surface area contributed by atoms with Crippen molar-refractivity contribution >= 4 is 34.9 Å². The molecule has 2 aromatic carbocycles. The molecule has 0 fully saturated rings. The van der Waals surface area contributed by atoms with Crippen LogP contribution in [0.5, 0.6) is 0 Å². The molecule has 0 atom stereocenters. The highest BCUT2D eigenvalue weighted by molar-refractivity contribution is 7.71. The van der Waals surface area contributed by atoms with Gasteiger partial charge in [0.15, 0.2) is 5.58 Å². The fourth-order valence-corrected chi connectivity index (χ4v) is 3.10. The number of carbonyl (C=O) groups excluding carboxylic acids is 1. The zero-order chi connectivity index (χ0) is 16.8. The number of nitro benzene ring substituents is 1.